The number of urea groups is 1. The van der Waals surface area contributed by atoms with Crippen molar-refractivity contribution >= 4 is 22.5 Å². The minimum atomic E-state index is -0.911. The summed E-state index contributed by atoms with van der Waals surface area (Å²) in [6.07, 6.45) is 3.58. The highest BCUT2D eigenvalue weighted by molar-refractivity contribution is 7.84. The number of hydrogen-bond donors (Lipinski definition) is 2. The van der Waals surface area contributed by atoms with Crippen LogP contribution in [0.25, 0.3) is 0 Å². The highest BCUT2D eigenvalue weighted by Gasteiger charge is 2.09. The first-order chi connectivity index (χ1) is 9.46. The van der Waals surface area contributed by atoms with E-state index in [9.17, 15) is 9.00 Å². The van der Waals surface area contributed by atoms with Crippen LogP contribution in [0.2, 0.25) is 0 Å². The molecular weight excluding hydrogens is 272 g/mol. The maximum atomic E-state index is 11.8. The van der Waals surface area contributed by atoms with Gasteiger partial charge in [-0.2, -0.15) is 0 Å². The third kappa shape index (κ3) is 5.33. The number of anilines is 1. The van der Waals surface area contributed by atoms with Gasteiger partial charge in [-0.1, -0.05) is 19.9 Å². The number of carbonyl (C=O) groups excluding carboxylic acids is 1. The molecule has 2 amide bonds. The van der Waals surface area contributed by atoms with E-state index in [1.54, 1.807) is 6.26 Å². The smallest absolute Gasteiger partial charge is 0.319 e. The Morgan fingerprint density at radius 1 is 1.25 bits per heavy atom. The fourth-order valence-corrected chi connectivity index (χ4v) is 2.95. The largest absolute Gasteiger partial charge is 0.334 e. The molecule has 0 fully saturated rings. The molecule has 0 aliphatic carbocycles. The van der Waals surface area contributed by atoms with Crippen LogP contribution in [0.1, 0.15) is 31.9 Å². The zero-order valence-corrected chi connectivity index (χ0v) is 13.5. The number of amides is 2. The van der Waals surface area contributed by atoms with Crippen molar-refractivity contribution in [3.8, 4) is 0 Å². The first-order valence-corrected chi connectivity index (χ1v) is 8.68. The van der Waals surface area contributed by atoms with Crippen LogP contribution in [0.5, 0.6) is 0 Å². The van der Waals surface area contributed by atoms with Crippen molar-refractivity contribution in [3.05, 3.63) is 29.3 Å². The Morgan fingerprint density at radius 2 is 1.90 bits per heavy atom. The quantitative estimate of drug-likeness (QED) is 0.848. The predicted octanol–water partition coefficient (Wildman–Crippen LogP) is 2.70. The zero-order chi connectivity index (χ0) is 15.1. The van der Waals surface area contributed by atoms with Gasteiger partial charge in [0.1, 0.15) is 0 Å². The molecule has 1 aromatic carbocycles. The molecule has 0 aliphatic heterocycles. The molecular formula is C15H24N2O2S. The second-order valence-electron chi connectivity index (χ2n) is 4.93. The van der Waals surface area contributed by atoms with Crippen molar-refractivity contribution in [1.82, 2.24) is 5.32 Å². The van der Waals surface area contributed by atoms with E-state index < -0.39 is 10.8 Å². The summed E-state index contributed by atoms with van der Waals surface area (Å²) in [7, 11) is -0.911. The molecule has 0 unspecified atom stereocenters. The molecule has 112 valence electrons. The average molecular weight is 296 g/mol. The first kappa shape index (κ1) is 16.7. The lowest BCUT2D eigenvalue weighted by Crippen LogP contribution is -2.39. The lowest BCUT2D eigenvalue weighted by Gasteiger charge is -2.14. The summed E-state index contributed by atoms with van der Waals surface area (Å²) < 4.78 is 11.1. The van der Waals surface area contributed by atoms with Gasteiger partial charge >= 0.3 is 6.03 Å². The molecule has 0 heterocycles. The predicted molar refractivity (Wildman–Crippen MR) is 85.7 cm³/mol. The first-order valence-electron chi connectivity index (χ1n) is 6.95. The van der Waals surface area contributed by atoms with Crippen LogP contribution in [-0.2, 0) is 23.6 Å². The Morgan fingerprint density at radius 3 is 2.45 bits per heavy atom. The van der Waals surface area contributed by atoms with Crippen molar-refractivity contribution in [3.63, 3.8) is 0 Å². The van der Waals surface area contributed by atoms with Crippen LogP contribution in [0.4, 0.5) is 10.5 Å². The van der Waals surface area contributed by atoms with Crippen LogP contribution in [0.15, 0.2) is 18.2 Å². The van der Waals surface area contributed by atoms with Gasteiger partial charge in [-0.25, -0.2) is 4.79 Å². The highest BCUT2D eigenvalue weighted by Crippen LogP contribution is 2.17. The molecule has 0 saturated carbocycles. The number of rotatable bonds is 6. The van der Waals surface area contributed by atoms with Crippen molar-refractivity contribution in [2.24, 2.45) is 0 Å². The van der Waals surface area contributed by atoms with Crippen molar-refractivity contribution < 1.29 is 9.00 Å². The Kier molecular flexibility index (Phi) is 6.71. The summed E-state index contributed by atoms with van der Waals surface area (Å²) in [5.41, 5.74) is 3.36. The molecule has 2 N–H and O–H groups in total. The van der Waals surface area contributed by atoms with E-state index in [2.05, 4.69) is 30.5 Å². The van der Waals surface area contributed by atoms with E-state index in [0.717, 1.165) is 18.5 Å². The van der Waals surface area contributed by atoms with Crippen molar-refractivity contribution in [1.29, 1.82) is 0 Å². The fraction of sp³-hybridized carbons (Fsp3) is 0.533. The molecule has 0 radical (unpaired) electrons. The van der Waals surface area contributed by atoms with Gasteiger partial charge < -0.3 is 10.6 Å². The summed E-state index contributed by atoms with van der Waals surface area (Å²) in [6, 6.07) is 5.62. The van der Waals surface area contributed by atoms with E-state index in [4.69, 9.17) is 0 Å². The number of nitrogens with one attached hydrogen (secondary N) is 2. The van der Waals surface area contributed by atoms with Gasteiger partial charge in [0.25, 0.3) is 0 Å². The van der Waals surface area contributed by atoms with Gasteiger partial charge in [0.2, 0.25) is 0 Å². The third-order valence-corrected chi connectivity index (χ3v) is 4.06. The summed E-state index contributed by atoms with van der Waals surface area (Å²) in [5.74, 6) is 0.461. The van der Waals surface area contributed by atoms with Crippen LogP contribution in [0.3, 0.4) is 0 Å². The van der Waals surface area contributed by atoms with Crippen LogP contribution < -0.4 is 10.6 Å². The normalized spacial score (nSPS) is 13.6. The van der Waals surface area contributed by atoms with E-state index in [0.29, 0.717) is 5.75 Å². The molecule has 1 aromatic rings. The van der Waals surface area contributed by atoms with E-state index in [-0.39, 0.29) is 12.1 Å². The molecule has 1 rings (SSSR count). The van der Waals surface area contributed by atoms with Gasteiger partial charge in [-0.05, 0) is 43.0 Å². The van der Waals surface area contributed by atoms with Gasteiger partial charge in [0.15, 0.2) is 0 Å². The second-order valence-corrected chi connectivity index (χ2v) is 6.41. The van der Waals surface area contributed by atoms with Crippen LogP contribution >= 0.6 is 0 Å². The van der Waals surface area contributed by atoms with Gasteiger partial charge in [0.05, 0.1) is 0 Å². The SMILES string of the molecule is CCc1ccc(NC(=O)N[C@H](C)C[S@@](C)=O)cc1CC. The molecule has 0 spiro atoms. The third-order valence-electron chi connectivity index (χ3n) is 3.09. The Bertz CT molecular complexity index is 489. The summed E-state index contributed by atoms with van der Waals surface area (Å²) in [6.45, 7) is 6.08. The molecule has 20 heavy (non-hydrogen) atoms. The Balaban J connectivity index is 2.64. The maximum Gasteiger partial charge on any atom is 0.319 e. The second kappa shape index (κ2) is 8.04. The maximum absolute atomic E-state index is 11.8. The topological polar surface area (TPSA) is 58.2 Å². The van der Waals surface area contributed by atoms with Gasteiger partial charge in [-0.3, -0.25) is 4.21 Å². The van der Waals surface area contributed by atoms with Crippen LogP contribution in [0, 0.1) is 0 Å². The van der Waals surface area contributed by atoms with Crippen molar-refractivity contribution in [2.45, 2.75) is 39.7 Å². The number of benzene rings is 1. The number of hydrogen-bond acceptors (Lipinski definition) is 2. The summed E-state index contributed by atoms with van der Waals surface area (Å²) in [4.78, 5) is 11.8. The molecule has 0 aliphatic rings. The highest BCUT2D eigenvalue weighted by atomic mass is 32.2. The molecule has 0 aromatic heterocycles. The standard InChI is InChI=1S/C15H24N2O2S/c1-5-12-7-8-14(9-13(12)6-2)17-15(18)16-11(3)10-20(4)19/h7-9,11H,5-6,10H2,1-4H3,(H2,16,17,18)/t11-,20-/m1/s1. The molecule has 5 heteroatoms. The Labute approximate surface area is 123 Å². The van der Waals surface area contributed by atoms with E-state index in [1.165, 1.54) is 11.1 Å². The summed E-state index contributed by atoms with van der Waals surface area (Å²) >= 11 is 0. The molecule has 2 atom stereocenters. The van der Waals surface area contributed by atoms with Gasteiger partial charge in [-0.15, -0.1) is 0 Å². The zero-order valence-electron chi connectivity index (χ0n) is 12.7. The lowest BCUT2D eigenvalue weighted by molar-refractivity contribution is 0.250. The molecule has 0 bridgehead atoms. The lowest BCUT2D eigenvalue weighted by atomic mass is 10.0. The summed E-state index contributed by atoms with van der Waals surface area (Å²) in [5, 5.41) is 5.61. The average Bonchev–Trinajstić information content (AvgIpc) is 2.37. The van der Waals surface area contributed by atoms with E-state index >= 15 is 0 Å². The van der Waals surface area contributed by atoms with Gasteiger partial charge in [0, 0.05) is 34.5 Å². The Hall–Kier alpha value is -1.36. The monoisotopic (exact) mass is 296 g/mol. The van der Waals surface area contributed by atoms with Crippen molar-refractivity contribution in [2.75, 3.05) is 17.3 Å². The van der Waals surface area contributed by atoms with E-state index in [1.807, 2.05) is 19.1 Å². The molecule has 4 nitrogen and oxygen atoms in total. The molecule has 0 saturated heterocycles. The minimum Gasteiger partial charge on any atom is -0.334 e. The fourth-order valence-electron chi connectivity index (χ4n) is 2.16. The van der Waals surface area contributed by atoms with Crippen LogP contribution in [-0.4, -0.2) is 28.3 Å². The number of carbonyl (C=O) groups is 1. The minimum absolute atomic E-state index is 0.110. The number of aryl methyl sites for hydroxylation is 2.